The predicted octanol–water partition coefficient (Wildman–Crippen LogP) is 5.99. The number of hydrogen-bond acceptors (Lipinski definition) is 9. The smallest absolute Gasteiger partial charge is 0.407 e. The van der Waals surface area contributed by atoms with Gasteiger partial charge >= 0.3 is 12.2 Å². The average Bonchev–Trinajstić information content (AvgIpc) is 3.84. The van der Waals surface area contributed by atoms with Gasteiger partial charge in [-0.25, -0.2) is 19.6 Å². The Morgan fingerprint density at radius 2 is 1.42 bits per heavy atom. The van der Waals surface area contributed by atoms with Gasteiger partial charge in [-0.05, 0) is 85.3 Å². The Balaban J connectivity index is 0.969. The molecule has 316 valence electrons. The average molecular weight is 819 g/mol. The monoisotopic (exact) mass is 818 g/mol. The number of likely N-dealkylation sites (tertiary alicyclic amines) is 2. The molecule has 2 aromatic carbocycles. The fourth-order valence-electron chi connectivity index (χ4n) is 9.09. The number of methoxy groups -OCH3 is 2. The van der Waals surface area contributed by atoms with E-state index >= 15 is 0 Å². The molecule has 0 radical (unpaired) electrons. The number of nitrogens with zero attached hydrogens (tertiary/aromatic N) is 4. The number of carbonyl (C=O) groups is 4. The van der Waals surface area contributed by atoms with Crippen LogP contribution in [0.5, 0.6) is 0 Å². The van der Waals surface area contributed by atoms with Crippen LogP contribution < -0.4 is 10.6 Å². The Morgan fingerprint density at radius 1 is 0.800 bits per heavy atom. The minimum Gasteiger partial charge on any atom is -0.453 e. The molecule has 4 fully saturated rings. The van der Waals surface area contributed by atoms with Crippen molar-refractivity contribution in [2.45, 2.75) is 96.0 Å². The number of alkyl carbamates (subject to hydrolysis) is 2. The molecule has 0 bridgehead atoms. The van der Waals surface area contributed by atoms with Gasteiger partial charge in [0.1, 0.15) is 23.7 Å². The third kappa shape index (κ3) is 8.17. The van der Waals surface area contributed by atoms with Crippen LogP contribution in [0.2, 0.25) is 0 Å². The molecule has 0 unspecified atom stereocenters. The Hall–Kier alpha value is -5.88. The number of imidazole rings is 2. The van der Waals surface area contributed by atoms with Gasteiger partial charge in [-0.15, -0.1) is 0 Å². The highest BCUT2D eigenvalue weighted by atomic mass is 16.5. The zero-order chi connectivity index (χ0) is 42.3. The summed E-state index contributed by atoms with van der Waals surface area (Å²) in [4.78, 5) is 72.5. The van der Waals surface area contributed by atoms with Gasteiger partial charge < -0.3 is 44.6 Å². The summed E-state index contributed by atoms with van der Waals surface area (Å²) in [5, 5.41) is 5.47. The van der Waals surface area contributed by atoms with Crippen LogP contribution in [0.4, 0.5) is 9.59 Å². The predicted molar refractivity (Wildman–Crippen MR) is 222 cm³/mol. The fraction of sp³-hybridized carbons (Fsp3) is 0.511. The third-order valence-electron chi connectivity index (χ3n) is 12.7. The van der Waals surface area contributed by atoms with E-state index in [1.54, 1.807) is 11.1 Å². The molecule has 5 heterocycles. The normalized spacial score (nSPS) is 22.6. The molecule has 2 spiro atoms. The lowest BCUT2D eigenvalue weighted by molar-refractivity contribution is -0.136. The first-order valence-corrected chi connectivity index (χ1v) is 20.9. The Bertz CT molecular complexity index is 2330. The summed E-state index contributed by atoms with van der Waals surface area (Å²) >= 11 is 0. The van der Waals surface area contributed by atoms with Gasteiger partial charge in [0.25, 0.3) is 0 Å². The molecule has 1 aliphatic carbocycles. The SMILES string of the molecule is COC(=O)N[C@H](C(=O)N1CC2(CC2)C[C@H]1c1ncc(-c2ccc(C#Cc3ccc4nc([C@@H]5C[C@]6(CCCO6)CN5C(=O)[C@@H](NC(=O)OC)C(C)C)[nH]c4c3)cc2)[nH]1)C(C)C. The van der Waals surface area contributed by atoms with E-state index in [0.29, 0.717) is 31.9 Å². The van der Waals surface area contributed by atoms with Gasteiger partial charge in [0.05, 0.1) is 61.4 Å². The number of nitrogens with one attached hydrogen (secondary N) is 4. The largest absolute Gasteiger partial charge is 0.453 e. The number of aromatic amines is 2. The molecular weight excluding hydrogens is 765 g/mol. The van der Waals surface area contributed by atoms with E-state index in [9.17, 15) is 19.2 Å². The molecule has 4 aliphatic rings. The first-order chi connectivity index (χ1) is 28.8. The molecule has 8 rings (SSSR count). The van der Waals surface area contributed by atoms with E-state index in [1.807, 2.05) is 75.1 Å². The summed E-state index contributed by atoms with van der Waals surface area (Å²) in [6.07, 6.45) is 5.92. The minimum absolute atomic E-state index is 0.110. The van der Waals surface area contributed by atoms with Crippen LogP contribution in [-0.2, 0) is 23.8 Å². The Labute approximate surface area is 349 Å². The second-order valence-electron chi connectivity index (χ2n) is 17.6. The van der Waals surface area contributed by atoms with Gasteiger partial charge in [0.15, 0.2) is 0 Å². The standard InChI is InChI=1S/C45H54N8O7/c1-26(2)36(50-42(56)58-5)40(54)52-24-44(17-18-44)21-34(52)38-46-23-33(49-38)30-13-10-28(11-14-30)8-9-29-12-15-31-32(20-29)48-39(47-31)35-22-45(16-7-19-60-45)25-53(35)41(55)37(27(3)4)51-43(57)59-6/h10-15,20,23,26-27,34-37H,7,16-19,21-22,24-25H2,1-6H3,(H,46,49)(H,47,48)(H,50,56)(H,51,57)/t34-,35-,36-,37-,45+/m0/s1. The van der Waals surface area contributed by atoms with E-state index < -0.39 is 29.9 Å². The van der Waals surface area contributed by atoms with Crippen molar-refractivity contribution in [3.8, 4) is 23.1 Å². The Kier molecular flexibility index (Phi) is 11.1. The molecule has 15 heteroatoms. The highest BCUT2D eigenvalue weighted by molar-refractivity contribution is 5.87. The van der Waals surface area contributed by atoms with Crippen LogP contribution in [0.1, 0.15) is 101 Å². The lowest BCUT2D eigenvalue weighted by Gasteiger charge is -2.30. The molecule has 60 heavy (non-hydrogen) atoms. The number of ether oxygens (including phenoxy) is 3. The van der Waals surface area contributed by atoms with Gasteiger partial charge in [-0.3, -0.25) is 9.59 Å². The maximum absolute atomic E-state index is 14.0. The fourth-order valence-corrected chi connectivity index (χ4v) is 9.09. The highest BCUT2D eigenvalue weighted by Gasteiger charge is 2.55. The summed E-state index contributed by atoms with van der Waals surface area (Å²) in [5.41, 5.74) is 4.68. The van der Waals surface area contributed by atoms with Crippen molar-refractivity contribution in [1.29, 1.82) is 0 Å². The van der Waals surface area contributed by atoms with Crippen molar-refractivity contribution in [1.82, 2.24) is 40.4 Å². The molecule has 1 saturated carbocycles. The number of rotatable bonds is 9. The summed E-state index contributed by atoms with van der Waals surface area (Å²) in [6, 6.07) is 11.8. The lowest BCUT2D eigenvalue weighted by atomic mass is 9.96. The molecular formula is C45H54N8O7. The van der Waals surface area contributed by atoms with Gasteiger partial charge in [-0.1, -0.05) is 51.7 Å². The quantitative estimate of drug-likeness (QED) is 0.147. The second-order valence-corrected chi connectivity index (χ2v) is 17.6. The lowest BCUT2D eigenvalue weighted by Crippen LogP contribution is -2.51. The van der Waals surface area contributed by atoms with Crippen LogP contribution in [-0.4, -0.2) is 105 Å². The minimum atomic E-state index is -0.759. The van der Waals surface area contributed by atoms with E-state index in [2.05, 4.69) is 32.4 Å². The van der Waals surface area contributed by atoms with Gasteiger partial charge in [0.2, 0.25) is 11.8 Å². The summed E-state index contributed by atoms with van der Waals surface area (Å²) < 4.78 is 15.9. The van der Waals surface area contributed by atoms with Crippen molar-refractivity contribution in [3.05, 3.63) is 71.4 Å². The van der Waals surface area contributed by atoms with Crippen LogP contribution >= 0.6 is 0 Å². The first-order valence-electron chi connectivity index (χ1n) is 20.9. The van der Waals surface area contributed by atoms with Crippen molar-refractivity contribution in [2.24, 2.45) is 17.3 Å². The molecule has 4 N–H and O–H groups in total. The Morgan fingerprint density at radius 3 is 2.02 bits per heavy atom. The highest BCUT2D eigenvalue weighted by Crippen LogP contribution is 2.58. The number of carbonyl (C=O) groups excluding carboxylic acids is 4. The summed E-state index contributed by atoms with van der Waals surface area (Å²) in [5.74, 6) is 7.38. The van der Waals surface area contributed by atoms with E-state index in [1.165, 1.54) is 14.2 Å². The number of benzene rings is 2. The van der Waals surface area contributed by atoms with E-state index in [-0.39, 0.29) is 41.1 Å². The second kappa shape index (κ2) is 16.3. The number of amides is 4. The maximum atomic E-state index is 14.0. The van der Waals surface area contributed by atoms with Crippen LogP contribution in [0.3, 0.4) is 0 Å². The number of fused-ring (bicyclic) bond motifs is 1. The van der Waals surface area contributed by atoms with Gasteiger partial charge in [0, 0.05) is 30.7 Å². The van der Waals surface area contributed by atoms with Crippen molar-refractivity contribution in [3.63, 3.8) is 0 Å². The first kappa shape index (κ1) is 40.9. The zero-order valence-electron chi connectivity index (χ0n) is 35.1. The third-order valence-corrected chi connectivity index (χ3v) is 12.7. The topological polar surface area (TPSA) is 184 Å². The number of aromatic nitrogens is 4. The molecule has 5 atom stereocenters. The van der Waals surface area contributed by atoms with Crippen LogP contribution in [0.15, 0.2) is 48.7 Å². The molecule has 4 amide bonds. The summed E-state index contributed by atoms with van der Waals surface area (Å²) in [6.45, 7) is 9.35. The molecule has 3 aliphatic heterocycles. The number of hydrogen-bond donors (Lipinski definition) is 4. The molecule has 2 aromatic heterocycles. The van der Waals surface area contributed by atoms with Crippen LogP contribution in [0.25, 0.3) is 22.3 Å². The molecule has 4 aromatic rings. The van der Waals surface area contributed by atoms with Crippen molar-refractivity contribution >= 4 is 35.0 Å². The maximum Gasteiger partial charge on any atom is 0.407 e. The molecule has 15 nitrogen and oxygen atoms in total. The zero-order valence-corrected chi connectivity index (χ0v) is 35.1. The van der Waals surface area contributed by atoms with Crippen molar-refractivity contribution in [2.75, 3.05) is 33.9 Å². The molecule has 3 saturated heterocycles. The summed E-state index contributed by atoms with van der Waals surface area (Å²) in [7, 11) is 2.59. The van der Waals surface area contributed by atoms with Gasteiger partial charge in [-0.2, -0.15) is 0 Å². The van der Waals surface area contributed by atoms with E-state index in [0.717, 1.165) is 71.3 Å². The number of H-pyrrole nitrogens is 2. The van der Waals surface area contributed by atoms with E-state index in [4.69, 9.17) is 24.2 Å². The van der Waals surface area contributed by atoms with Crippen LogP contribution in [0, 0.1) is 29.1 Å². The van der Waals surface area contributed by atoms with Crippen molar-refractivity contribution < 1.29 is 33.4 Å².